The summed E-state index contributed by atoms with van der Waals surface area (Å²) in [4.78, 5) is 0. The first kappa shape index (κ1) is 15.8. The molecule has 0 saturated heterocycles. The molecule has 0 amide bonds. The maximum absolute atomic E-state index is 3.45. The van der Waals surface area contributed by atoms with Gasteiger partial charge in [0.05, 0.1) is 0 Å². The van der Waals surface area contributed by atoms with Crippen LogP contribution >= 0.6 is 0 Å². The lowest BCUT2D eigenvalue weighted by Crippen LogP contribution is -2.16. The zero-order chi connectivity index (χ0) is 16.1. The fourth-order valence-electron chi connectivity index (χ4n) is 3.18. The summed E-state index contributed by atoms with van der Waals surface area (Å²) in [6.45, 7) is 2.14. The van der Waals surface area contributed by atoms with Crippen molar-refractivity contribution in [1.82, 2.24) is 5.32 Å². The highest BCUT2D eigenvalue weighted by Crippen LogP contribution is 2.21. The van der Waals surface area contributed by atoms with Crippen molar-refractivity contribution in [2.45, 2.75) is 32.2 Å². The molecular formula is C22H25N. The fourth-order valence-corrected chi connectivity index (χ4v) is 3.18. The van der Waals surface area contributed by atoms with Crippen molar-refractivity contribution in [2.75, 3.05) is 7.05 Å². The molecule has 23 heavy (non-hydrogen) atoms. The Morgan fingerprint density at radius 3 is 2.35 bits per heavy atom. The number of aryl methyl sites for hydroxylation is 2. The summed E-state index contributed by atoms with van der Waals surface area (Å²) in [6, 6.07) is 24.7. The standard InChI is InChI=1S/C22H25N/c1-17-10-13-20(14-11-17)22(23-2)9-5-6-18-12-15-19-7-3-4-8-21(19)16-18/h3-4,7-8,10-16,22-23H,5-6,9H2,1-2H3. The van der Waals surface area contributed by atoms with E-state index in [0.29, 0.717) is 6.04 Å². The summed E-state index contributed by atoms with van der Waals surface area (Å²) in [5.74, 6) is 0. The van der Waals surface area contributed by atoms with Gasteiger partial charge in [0.15, 0.2) is 0 Å². The summed E-state index contributed by atoms with van der Waals surface area (Å²) in [5.41, 5.74) is 4.14. The normalized spacial score (nSPS) is 12.4. The number of hydrogen-bond donors (Lipinski definition) is 1. The Kier molecular flexibility index (Phi) is 5.09. The van der Waals surface area contributed by atoms with Gasteiger partial charge in [-0.1, -0.05) is 72.3 Å². The molecule has 1 unspecified atom stereocenters. The Labute approximate surface area is 139 Å². The lowest BCUT2D eigenvalue weighted by Gasteiger charge is -2.17. The number of fused-ring (bicyclic) bond motifs is 1. The minimum absolute atomic E-state index is 0.441. The van der Waals surface area contributed by atoms with Crippen LogP contribution in [0.5, 0.6) is 0 Å². The van der Waals surface area contributed by atoms with Crippen molar-refractivity contribution in [3.63, 3.8) is 0 Å². The maximum atomic E-state index is 3.45. The first-order valence-corrected chi connectivity index (χ1v) is 8.48. The van der Waals surface area contributed by atoms with Gasteiger partial charge in [0.25, 0.3) is 0 Å². The largest absolute Gasteiger partial charge is 0.313 e. The molecule has 3 aromatic carbocycles. The van der Waals surface area contributed by atoms with Crippen LogP contribution in [0.1, 0.15) is 35.6 Å². The Bertz CT molecular complexity index is 758. The summed E-state index contributed by atoms with van der Waals surface area (Å²) >= 11 is 0. The Morgan fingerprint density at radius 1 is 0.870 bits per heavy atom. The molecule has 3 aromatic rings. The molecule has 118 valence electrons. The third kappa shape index (κ3) is 4.00. The molecule has 0 radical (unpaired) electrons. The molecule has 1 atom stereocenters. The number of rotatable bonds is 6. The van der Waals surface area contributed by atoms with E-state index in [1.165, 1.54) is 33.9 Å². The third-order valence-electron chi connectivity index (χ3n) is 4.60. The molecule has 0 fully saturated rings. The van der Waals surface area contributed by atoms with Gasteiger partial charge in [0, 0.05) is 6.04 Å². The van der Waals surface area contributed by atoms with E-state index in [0.717, 1.165) is 12.8 Å². The van der Waals surface area contributed by atoms with Crippen molar-refractivity contribution < 1.29 is 0 Å². The van der Waals surface area contributed by atoms with E-state index in [1.54, 1.807) is 0 Å². The second kappa shape index (κ2) is 7.43. The van der Waals surface area contributed by atoms with Crippen LogP contribution in [-0.4, -0.2) is 7.05 Å². The number of benzene rings is 3. The zero-order valence-corrected chi connectivity index (χ0v) is 14.0. The smallest absolute Gasteiger partial charge is 0.0317 e. The van der Waals surface area contributed by atoms with E-state index in [-0.39, 0.29) is 0 Å². The van der Waals surface area contributed by atoms with Gasteiger partial charge in [0.1, 0.15) is 0 Å². The van der Waals surface area contributed by atoms with Crippen LogP contribution in [0.25, 0.3) is 10.8 Å². The molecule has 1 N–H and O–H groups in total. The second-order valence-corrected chi connectivity index (χ2v) is 6.33. The topological polar surface area (TPSA) is 12.0 Å². The van der Waals surface area contributed by atoms with Crippen LogP contribution in [0.15, 0.2) is 66.7 Å². The predicted molar refractivity (Wildman–Crippen MR) is 99.9 cm³/mol. The summed E-state index contributed by atoms with van der Waals surface area (Å²) < 4.78 is 0. The minimum Gasteiger partial charge on any atom is -0.313 e. The van der Waals surface area contributed by atoms with Gasteiger partial charge in [-0.3, -0.25) is 0 Å². The molecule has 0 aliphatic rings. The fraction of sp³-hybridized carbons (Fsp3) is 0.273. The van der Waals surface area contributed by atoms with Crippen LogP contribution in [-0.2, 0) is 6.42 Å². The van der Waals surface area contributed by atoms with E-state index < -0.39 is 0 Å². The molecular weight excluding hydrogens is 278 g/mol. The van der Waals surface area contributed by atoms with Crippen molar-refractivity contribution in [2.24, 2.45) is 0 Å². The summed E-state index contributed by atoms with van der Waals surface area (Å²) in [7, 11) is 2.06. The van der Waals surface area contributed by atoms with Gasteiger partial charge >= 0.3 is 0 Å². The SMILES string of the molecule is CNC(CCCc1ccc2ccccc2c1)c1ccc(C)cc1. The van der Waals surface area contributed by atoms with Gasteiger partial charge in [-0.25, -0.2) is 0 Å². The molecule has 0 bridgehead atoms. The maximum Gasteiger partial charge on any atom is 0.0317 e. The van der Waals surface area contributed by atoms with Gasteiger partial charge in [-0.05, 0) is 55.1 Å². The van der Waals surface area contributed by atoms with Gasteiger partial charge in [-0.2, -0.15) is 0 Å². The lowest BCUT2D eigenvalue weighted by atomic mass is 9.97. The lowest BCUT2D eigenvalue weighted by molar-refractivity contribution is 0.527. The molecule has 0 saturated carbocycles. The third-order valence-corrected chi connectivity index (χ3v) is 4.60. The average molecular weight is 303 g/mol. The van der Waals surface area contributed by atoms with Gasteiger partial charge in [0.2, 0.25) is 0 Å². The average Bonchev–Trinajstić information content (AvgIpc) is 2.60. The van der Waals surface area contributed by atoms with Crippen LogP contribution in [0.3, 0.4) is 0 Å². The molecule has 0 aromatic heterocycles. The molecule has 1 nitrogen and oxygen atoms in total. The van der Waals surface area contributed by atoms with E-state index in [2.05, 4.69) is 86.0 Å². The van der Waals surface area contributed by atoms with Crippen LogP contribution in [0, 0.1) is 6.92 Å². The van der Waals surface area contributed by atoms with E-state index >= 15 is 0 Å². The Hall–Kier alpha value is -2.12. The second-order valence-electron chi connectivity index (χ2n) is 6.33. The van der Waals surface area contributed by atoms with Crippen molar-refractivity contribution >= 4 is 10.8 Å². The Morgan fingerprint density at radius 2 is 1.61 bits per heavy atom. The monoisotopic (exact) mass is 303 g/mol. The van der Waals surface area contributed by atoms with E-state index in [1.807, 2.05) is 0 Å². The van der Waals surface area contributed by atoms with Crippen molar-refractivity contribution in [1.29, 1.82) is 0 Å². The first-order chi connectivity index (χ1) is 11.3. The highest BCUT2D eigenvalue weighted by molar-refractivity contribution is 5.82. The first-order valence-electron chi connectivity index (χ1n) is 8.48. The molecule has 1 heteroatoms. The molecule has 0 aliphatic carbocycles. The van der Waals surface area contributed by atoms with Crippen LogP contribution < -0.4 is 5.32 Å². The number of nitrogens with one attached hydrogen (secondary N) is 1. The predicted octanol–water partition coefficient (Wildman–Crippen LogP) is 5.43. The molecule has 0 heterocycles. The summed E-state index contributed by atoms with van der Waals surface area (Å²) in [5, 5.41) is 6.12. The van der Waals surface area contributed by atoms with Crippen molar-refractivity contribution in [3.8, 4) is 0 Å². The quantitative estimate of drug-likeness (QED) is 0.640. The highest BCUT2D eigenvalue weighted by Gasteiger charge is 2.08. The molecule has 0 aliphatic heterocycles. The van der Waals surface area contributed by atoms with E-state index in [9.17, 15) is 0 Å². The minimum atomic E-state index is 0.441. The van der Waals surface area contributed by atoms with Gasteiger partial charge < -0.3 is 5.32 Å². The van der Waals surface area contributed by atoms with Crippen molar-refractivity contribution in [3.05, 3.63) is 83.4 Å². The molecule has 3 rings (SSSR count). The van der Waals surface area contributed by atoms with Crippen LogP contribution in [0.2, 0.25) is 0 Å². The Balaban J connectivity index is 1.61. The summed E-state index contributed by atoms with van der Waals surface area (Å²) in [6.07, 6.45) is 3.49. The zero-order valence-electron chi connectivity index (χ0n) is 14.0. The highest BCUT2D eigenvalue weighted by atomic mass is 14.9. The molecule has 0 spiro atoms. The van der Waals surface area contributed by atoms with Gasteiger partial charge in [-0.15, -0.1) is 0 Å². The van der Waals surface area contributed by atoms with E-state index in [4.69, 9.17) is 0 Å². The van der Waals surface area contributed by atoms with Crippen LogP contribution in [0.4, 0.5) is 0 Å². The number of hydrogen-bond acceptors (Lipinski definition) is 1.